The number of hydrogen-bond acceptors (Lipinski definition) is 12. The SMILES string of the molecule is CC(C)(O)c1coc(S(N)(=O)=O)c1.Cc1cc(Cl)cc(C)c1N.Cc1cc(Cl)cc(C)c1NC(=O)NS(=O)(=O)c1cc(C(C)(C)O)co1.Cc1cc(Cl)cc(C)c1NC(=O)Oc1ccccc1. The third kappa shape index (κ3) is 17.2. The molecule has 0 saturated carbocycles. The number of para-hydroxylation sites is 1. The molecule has 0 saturated heterocycles. The Balaban J connectivity index is 0.000000250. The number of furan rings is 2. The van der Waals surface area contributed by atoms with Crippen LogP contribution >= 0.6 is 34.8 Å². The molecule has 0 aliphatic heterocycles. The summed E-state index contributed by atoms with van der Waals surface area (Å²) >= 11 is 17.6. The molecule has 16 nitrogen and oxygen atoms in total. The van der Waals surface area contributed by atoms with E-state index < -0.39 is 48.5 Å². The second kappa shape index (κ2) is 23.0. The lowest BCUT2D eigenvalue weighted by molar-refractivity contribution is 0.0773. The van der Waals surface area contributed by atoms with Gasteiger partial charge >= 0.3 is 12.1 Å². The number of nitrogens with one attached hydrogen (secondary N) is 3. The highest BCUT2D eigenvalue weighted by molar-refractivity contribution is 7.90. The van der Waals surface area contributed by atoms with Gasteiger partial charge in [-0.05, 0) is 151 Å². The second-order valence-electron chi connectivity index (χ2n) is 16.1. The van der Waals surface area contributed by atoms with Gasteiger partial charge in [0.25, 0.3) is 20.0 Å². The molecule has 0 aliphatic rings. The lowest BCUT2D eigenvalue weighted by Gasteiger charge is -2.13. The van der Waals surface area contributed by atoms with Crippen molar-refractivity contribution in [2.75, 3.05) is 16.4 Å². The second-order valence-corrected chi connectivity index (χ2v) is 20.6. The summed E-state index contributed by atoms with van der Waals surface area (Å²) in [6.45, 7) is 17.2. The fourth-order valence-corrected chi connectivity index (χ4v) is 8.04. The number of aryl methyl sites for hydroxylation is 6. The number of urea groups is 1. The number of ether oxygens (including phenoxy) is 1. The molecule has 0 spiro atoms. The highest BCUT2D eigenvalue weighted by Crippen LogP contribution is 2.28. The number of primary sulfonamides is 1. The number of nitrogens with two attached hydrogens (primary N) is 2. The zero-order chi connectivity index (χ0) is 50.8. The number of rotatable bonds is 8. The van der Waals surface area contributed by atoms with Crippen LogP contribution in [0, 0.1) is 41.5 Å². The normalized spacial score (nSPS) is 11.4. The van der Waals surface area contributed by atoms with Crippen LogP contribution in [0.5, 0.6) is 5.75 Å². The molecule has 4 aromatic carbocycles. The first-order valence-electron chi connectivity index (χ1n) is 19.9. The number of amides is 3. The van der Waals surface area contributed by atoms with Gasteiger partial charge in [0.2, 0.25) is 10.2 Å². The average molecular weight is 1020 g/mol. The highest BCUT2D eigenvalue weighted by Gasteiger charge is 2.27. The topological polar surface area (TPSA) is 267 Å². The van der Waals surface area contributed by atoms with Crippen molar-refractivity contribution in [3.05, 3.63) is 151 Å². The molecular weight excluding hydrogens is 969 g/mol. The maximum Gasteiger partial charge on any atom is 0.417 e. The molecule has 0 fully saturated rings. The number of benzene rings is 4. The Kier molecular flexibility index (Phi) is 19.1. The van der Waals surface area contributed by atoms with Crippen molar-refractivity contribution in [3.63, 3.8) is 0 Å². The van der Waals surface area contributed by atoms with Gasteiger partial charge in [-0.25, -0.2) is 27.9 Å². The van der Waals surface area contributed by atoms with Crippen molar-refractivity contribution in [1.29, 1.82) is 0 Å². The zero-order valence-corrected chi connectivity index (χ0v) is 42.2. The molecule has 6 aromatic rings. The third-order valence-corrected chi connectivity index (χ3v) is 11.9. The van der Waals surface area contributed by atoms with E-state index in [1.165, 1.54) is 40.0 Å². The molecule has 0 bridgehead atoms. The van der Waals surface area contributed by atoms with Gasteiger partial charge in [0.15, 0.2) is 0 Å². The minimum atomic E-state index is -4.22. The number of halogens is 3. The number of aliphatic hydroxyl groups is 2. The molecular formula is C46H54Cl3N5O11S2. The summed E-state index contributed by atoms with van der Waals surface area (Å²) in [6.07, 6.45) is 1.78. The van der Waals surface area contributed by atoms with Crippen molar-refractivity contribution in [1.82, 2.24) is 4.72 Å². The van der Waals surface area contributed by atoms with E-state index in [0.717, 1.165) is 51.0 Å². The van der Waals surface area contributed by atoms with Crippen LogP contribution in [0.15, 0.2) is 110 Å². The smallest absolute Gasteiger partial charge is 0.417 e. The first kappa shape index (κ1) is 55.8. The first-order chi connectivity index (χ1) is 30.8. The largest absolute Gasteiger partial charge is 0.451 e. The Hall–Kier alpha value is -5.57. The van der Waals surface area contributed by atoms with Gasteiger partial charge < -0.3 is 34.8 Å². The molecule has 6 rings (SSSR count). The summed E-state index contributed by atoms with van der Waals surface area (Å²) in [7, 11) is -8.04. The predicted octanol–water partition coefficient (Wildman–Crippen LogP) is 10.5. The van der Waals surface area contributed by atoms with Crippen molar-refractivity contribution in [2.45, 2.75) is 90.6 Å². The quantitative estimate of drug-likeness (QED) is 0.0702. The van der Waals surface area contributed by atoms with Gasteiger partial charge in [-0.15, -0.1) is 0 Å². The van der Waals surface area contributed by atoms with Crippen LogP contribution in [0.4, 0.5) is 26.7 Å². The zero-order valence-electron chi connectivity index (χ0n) is 38.3. The number of anilines is 3. The summed E-state index contributed by atoms with van der Waals surface area (Å²) in [5.41, 5.74) is 11.2. The molecule has 3 amide bonds. The van der Waals surface area contributed by atoms with Crippen LogP contribution in [0.3, 0.4) is 0 Å². The van der Waals surface area contributed by atoms with E-state index in [1.54, 1.807) is 62.4 Å². The Morgan fingerprint density at radius 2 is 0.985 bits per heavy atom. The number of sulfonamides is 2. The Morgan fingerprint density at radius 3 is 1.36 bits per heavy atom. The number of hydrogen-bond donors (Lipinski definition) is 7. The number of nitrogen functional groups attached to an aromatic ring is 1. The standard InChI is InChI=1S/C16H19ClN2O5S.C15H14ClNO2.C8H10ClN.C7H11NO4S/c1-9-5-12(17)6-10(2)14(9)18-15(20)19-25(22,23)13-7-11(8-24-13)16(3,4)21;1-10-8-12(16)9-11(2)14(10)17-15(18)19-13-6-4-3-5-7-13;1-5-3-7(9)4-6(2)8(5)10;1-7(2,9)5-3-6(12-4-5)13(8,10)11/h5-8,21H,1-4H3,(H2,18,19,20);3-9H,1-2H3,(H,17,18);3-4H,10H2,1-2H3;3-4,9H,1-2H3,(H2,8,10,11). The summed E-state index contributed by atoms with van der Waals surface area (Å²) in [5, 5.41) is 30.5. The van der Waals surface area contributed by atoms with Gasteiger partial charge in [0, 0.05) is 55.4 Å². The minimum Gasteiger partial charge on any atom is -0.451 e. The molecule has 21 heteroatoms. The van der Waals surface area contributed by atoms with E-state index in [1.807, 2.05) is 50.6 Å². The fourth-order valence-electron chi connectivity index (χ4n) is 5.74. The van der Waals surface area contributed by atoms with Crippen LogP contribution in [0.25, 0.3) is 0 Å². The highest BCUT2D eigenvalue weighted by atomic mass is 35.5. The molecule has 67 heavy (non-hydrogen) atoms. The van der Waals surface area contributed by atoms with E-state index in [9.17, 15) is 36.6 Å². The molecule has 2 aromatic heterocycles. The van der Waals surface area contributed by atoms with Crippen LogP contribution in [0.2, 0.25) is 15.1 Å². The maximum absolute atomic E-state index is 12.2. The maximum atomic E-state index is 12.2. The van der Waals surface area contributed by atoms with E-state index in [2.05, 4.69) is 15.1 Å². The number of carbonyl (C=O) groups is 2. The van der Waals surface area contributed by atoms with E-state index >= 15 is 0 Å². The van der Waals surface area contributed by atoms with E-state index in [0.29, 0.717) is 38.2 Å². The Labute approximate surface area is 405 Å². The molecule has 2 heterocycles. The average Bonchev–Trinajstić information content (AvgIpc) is 3.91. The molecule has 9 N–H and O–H groups in total. The van der Waals surface area contributed by atoms with E-state index in [4.69, 9.17) is 54.8 Å². The van der Waals surface area contributed by atoms with Crippen LogP contribution in [-0.2, 0) is 31.2 Å². The van der Waals surface area contributed by atoms with Gasteiger partial charge in [-0.3, -0.25) is 5.32 Å². The van der Waals surface area contributed by atoms with Crippen LogP contribution < -0.4 is 31.0 Å². The number of carbonyl (C=O) groups excluding carboxylic acids is 2. The van der Waals surface area contributed by atoms with Crippen LogP contribution in [0.1, 0.15) is 72.2 Å². The molecule has 0 unspecified atom stereocenters. The van der Waals surface area contributed by atoms with Crippen molar-refractivity contribution in [3.8, 4) is 5.75 Å². The van der Waals surface area contributed by atoms with Crippen molar-refractivity contribution < 1.29 is 50.2 Å². The van der Waals surface area contributed by atoms with Gasteiger partial charge in [0.05, 0.1) is 23.7 Å². The summed E-state index contributed by atoms with van der Waals surface area (Å²) < 4.78 is 62.7. The van der Waals surface area contributed by atoms with Crippen LogP contribution in [-0.4, -0.2) is 39.2 Å². The van der Waals surface area contributed by atoms with Gasteiger partial charge in [0.1, 0.15) is 5.75 Å². The Bertz CT molecular complexity index is 2860. The Morgan fingerprint density at radius 1 is 0.612 bits per heavy atom. The summed E-state index contributed by atoms with van der Waals surface area (Å²) in [5.74, 6) is 0.504. The lowest BCUT2D eigenvalue weighted by Crippen LogP contribution is -2.34. The monoisotopic (exact) mass is 1020 g/mol. The predicted molar refractivity (Wildman–Crippen MR) is 262 cm³/mol. The van der Waals surface area contributed by atoms with Crippen molar-refractivity contribution in [2.24, 2.45) is 5.14 Å². The molecule has 362 valence electrons. The van der Waals surface area contributed by atoms with Crippen molar-refractivity contribution >= 4 is 84.0 Å². The third-order valence-electron chi connectivity index (χ3n) is 9.31. The van der Waals surface area contributed by atoms with Gasteiger partial charge in [-0.2, -0.15) is 8.42 Å². The molecule has 0 aliphatic carbocycles. The first-order valence-corrected chi connectivity index (χ1v) is 24.0. The van der Waals surface area contributed by atoms with E-state index in [-0.39, 0.29) is 10.7 Å². The summed E-state index contributed by atoms with van der Waals surface area (Å²) in [4.78, 5) is 23.9. The fraction of sp³-hybridized carbons (Fsp3) is 0.261. The molecule has 0 radical (unpaired) electrons. The van der Waals surface area contributed by atoms with Gasteiger partial charge in [-0.1, -0.05) is 53.0 Å². The minimum absolute atomic E-state index is 0.276. The summed E-state index contributed by atoms with van der Waals surface area (Å²) in [6, 6.07) is 21.0. The lowest BCUT2D eigenvalue weighted by atomic mass is 10.0. The molecule has 0 atom stereocenters.